The fourth-order valence-corrected chi connectivity index (χ4v) is 3.82. The van der Waals surface area contributed by atoms with Crippen LogP contribution in [0.15, 0.2) is 0 Å². The van der Waals surface area contributed by atoms with Crippen molar-refractivity contribution in [1.29, 1.82) is 0 Å². The van der Waals surface area contributed by atoms with Gasteiger partial charge in [-0.2, -0.15) is 17.9 Å². The molecule has 0 aromatic rings. The van der Waals surface area contributed by atoms with Crippen LogP contribution in [-0.4, -0.2) is 51.1 Å². The van der Waals surface area contributed by atoms with Crippen molar-refractivity contribution in [3.63, 3.8) is 0 Å². The van der Waals surface area contributed by atoms with E-state index in [2.05, 4.69) is 14.3 Å². The topological polar surface area (TPSA) is 87.5 Å². The van der Waals surface area contributed by atoms with Crippen LogP contribution in [0.1, 0.15) is 33.6 Å². The molecule has 0 amide bonds. The molecular weight excluding hydrogens is 252 g/mol. The van der Waals surface area contributed by atoms with Crippen LogP contribution in [0.5, 0.6) is 0 Å². The summed E-state index contributed by atoms with van der Waals surface area (Å²) < 4.78 is 29.5. The summed E-state index contributed by atoms with van der Waals surface area (Å²) in [5.74, 6) is 0. The van der Waals surface area contributed by atoms with Crippen LogP contribution in [0, 0.1) is 0 Å². The molecule has 1 rings (SSSR count). The van der Waals surface area contributed by atoms with E-state index in [4.69, 9.17) is 5.73 Å². The Morgan fingerprint density at radius 1 is 1.28 bits per heavy atom. The quantitative estimate of drug-likeness (QED) is 0.655. The first-order chi connectivity index (χ1) is 8.08. The molecule has 0 unspecified atom stereocenters. The third kappa shape index (κ3) is 4.81. The van der Waals surface area contributed by atoms with E-state index in [9.17, 15) is 8.42 Å². The van der Waals surface area contributed by atoms with Crippen molar-refractivity contribution in [2.45, 2.75) is 44.7 Å². The van der Waals surface area contributed by atoms with Crippen molar-refractivity contribution < 1.29 is 8.42 Å². The molecule has 0 bridgehead atoms. The molecule has 1 saturated heterocycles. The third-order valence-electron chi connectivity index (χ3n) is 3.13. The second-order valence-electron chi connectivity index (χ2n) is 6.25. The number of hydrogen-bond donors (Lipinski definition) is 3. The number of nitrogens with one attached hydrogen (secondary N) is 2. The summed E-state index contributed by atoms with van der Waals surface area (Å²) in [4.78, 5) is 2.18. The number of hydrogen-bond acceptors (Lipinski definition) is 4. The van der Waals surface area contributed by atoms with Gasteiger partial charge in [-0.1, -0.05) is 0 Å². The number of rotatable bonds is 4. The molecule has 1 heterocycles. The standard InChI is InChI=1S/C11H26N4O2S/c1-10(2,3)13-18(16,17)14-11(9-12)5-7-15(4)8-6-11/h13-14H,5-9,12H2,1-4H3. The molecule has 0 atom stereocenters. The lowest BCUT2D eigenvalue weighted by Crippen LogP contribution is -2.62. The Bertz CT molecular complexity index is 367. The highest BCUT2D eigenvalue weighted by atomic mass is 32.2. The van der Waals surface area contributed by atoms with Crippen molar-refractivity contribution in [3.8, 4) is 0 Å². The van der Waals surface area contributed by atoms with E-state index < -0.39 is 21.3 Å². The van der Waals surface area contributed by atoms with Crippen molar-refractivity contribution in [3.05, 3.63) is 0 Å². The minimum absolute atomic E-state index is 0.325. The Balaban J connectivity index is 2.74. The second-order valence-corrected chi connectivity index (χ2v) is 7.66. The van der Waals surface area contributed by atoms with Gasteiger partial charge in [0, 0.05) is 17.6 Å². The van der Waals surface area contributed by atoms with E-state index in [1.807, 2.05) is 27.8 Å². The molecule has 1 aliphatic heterocycles. The molecule has 4 N–H and O–H groups in total. The molecular formula is C11H26N4O2S. The summed E-state index contributed by atoms with van der Waals surface area (Å²) in [5.41, 5.74) is 4.78. The van der Waals surface area contributed by atoms with Crippen LogP contribution in [0.25, 0.3) is 0 Å². The molecule has 0 saturated carbocycles. The van der Waals surface area contributed by atoms with E-state index in [0.29, 0.717) is 6.54 Å². The summed E-state index contributed by atoms with van der Waals surface area (Å²) >= 11 is 0. The van der Waals surface area contributed by atoms with Crippen molar-refractivity contribution >= 4 is 10.2 Å². The number of nitrogens with zero attached hydrogens (tertiary/aromatic N) is 1. The molecule has 7 heteroatoms. The molecule has 0 aromatic carbocycles. The molecule has 0 spiro atoms. The minimum Gasteiger partial charge on any atom is -0.329 e. The SMILES string of the molecule is CN1CCC(CN)(NS(=O)(=O)NC(C)(C)C)CC1. The Hall–Kier alpha value is -0.210. The van der Waals surface area contributed by atoms with Gasteiger partial charge < -0.3 is 10.6 Å². The van der Waals surface area contributed by atoms with Crippen LogP contribution < -0.4 is 15.2 Å². The summed E-state index contributed by atoms with van der Waals surface area (Å²) in [5, 5.41) is 0. The summed E-state index contributed by atoms with van der Waals surface area (Å²) in [6, 6.07) is 0. The predicted molar refractivity (Wildman–Crippen MR) is 73.5 cm³/mol. The first-order valence-corrected chi connectivity index (χ1v) is 7.77. The van der Waals surface area contributed by atoms with E-state index >= 15 is 0 Å². The lowest BCUT2D eigenvalue weighted by atomic mass is 9.89. The maximum Gasteiger partial charge on any atom is 0.277 e. The zero-order valence-electron chi connectivity index (χ0n) is 11.8. The monoisotopic (exact) mass is 278 g/mol. The Kier molecular flexibility index (Phi) is 4.77. The first kappa shape index (κ1) is 15.8. The molecule has 0 aromatic heterocycles. The number of likely N-dealkylation sites (tertiary alicyclic amines) is 1. The highest BCUT2D eigenvalue weighted by Crippen LogP contribution is 2.21. The smallest absolute Gasteiger partial charge is 0.277 e. The lowest BCUT2D eigenvalue weighted by molar-refractivity contribution is 0.181. The van der Waals surface area contributed by atoms with Gasteiger partial charge in [-0.25, -0.2) is 0 Å². The maximum absolute atomic E-state index is 12.1. The van der Waals surface area contributed by atoms with Crippen LogP contribution in [-0.2, 0) is 10.2 Å². The van der Waals surface area contributed by atoms with Gasteiger partial charge in [-0.05, 0) is 53.8 Å². The number of piperidine rings is 1. The van der Waals surface area contributed by atoms with Crippen LogP contribution in [0.4, 0.5) is 0 Å². The van der Waals surface area contributed by atoms with E-state index in [1.54, 1.807) is 0 Å². The normalized spacial score (nSPS) is 22.1. The number of nitrogens with two attached hydrogens (primary N) is 1. The first-order valence-electron chi connectivity index (χ1n) is 6.29. The van der Waals surface area contributed by atoms with Gasteiger partial charge in [0.1, 0.15) is 0 Å². The fourth-order valence-electron chi connectivity index (χ4n) is 2.11. The lowest BCUT2D eigenvalue weighted by Gasteiger charge is -2.40. The summed E-state index contributed by atoms with van der Waals surface area (Å²) in [7, 11) is -1.50. The van der Waals surface area contributed by atoms with Gasteiger partial charge in [0.15, 0.2) is 0 Å². The van der Waals surface area contributed by atoms with Gasteiger partial charge in [0.25, 0.3) is 10.2 Å². The molecule has 0 aliphatic carbocycles. The minimum atomic E-state index is -3.53. The largest absolute Gasteiger partial charge is 0.329 e. The average molecular weight is 278 g/mol. The zero-order valence-corrected chi connectivity index (χ0v) is 12.6. The Morgan fingerprint density at radius 3 is 2.17 bits per heavy atom. The second kappa shape index (κ2) is 5.42. The van der Waals surface area contributed by atoms with Crippen LogP contribution in [0.3, 0.4) is 0 Å². The Labute approximate surface area is 110 Å². The zero-order chi connectivity index (χ0) is 14.0. The van der Waals surface area contributed by atoms with Crippen LogP contribution >= 0.6 is 0 Å². The average Bonchev–Trinajstić information content (AvgIpc) is 2.18. The third-order valence-corrected chi connectivity index (χ3v) is 4.71. The predicted octanol–water partition coefficient (Wildman–Crippen LogP) is -0.368. The van der Waals surface area contributed by atoms with Gasteiger partial charge >= 0.3 is 0 Å². The van der Waals surface area contributed by atoms with E-state index in [0.717, 1.165) is 25.9 Å². The molecule has 18 heavy (non-hydrogen) atoms. The van der Waals surface area contributed by atoms with E-state index in [1.165, 1.54) is 0 Å². The molecule has 6 nitrogen and oxygen atoms in total. The van der Waals surface area contributed by atoms with Crippen LogP contribution in [0.2, 0.25) is 0 Å². The van der Waals surface area contributed by atoms with Crippen molar-refractivity contribution in [2.24, 2.45) is 5.73 Å². The highest BCUT2D eigenvalue weighted by molar-refractivity contribution is 7.87. The van der Waals surface area contributed by atoms with Crippen molar-refractivity contribution in [2.75, 3.05) is 26.7 Å². The van der Waals surface area contributed by atoms with Gasteiger partial charge in [0.2, 0.25) is 0 Å². The fraction of sp³-hybridized carbons (Fsp3) is 1.00. The van der Waals surface area contributed by atoms with E-state index in [-0.39, 0.29) is 0 Å². The molecule has 108 valence electrons. The van der Waals surface area contributed by atoms with Gasteiger partial charge in [0.05, 0.1) is 0 Å². The van der Waals surface area contributed by atoms with Gasteiger partial charge in [-0.15, -0.1) is 0 Å². The molecule has 1 aliphatic rings. The van der Waals surface area contributed by atoms with Crippen molar-refractivity contribution in [1.82, 2.24) is 14.3 Å². The molecule has 0 radical (unpaired) electrons. The maximum atomic E-state index is 12.1. The summed E-state index contributed by atoms with van der Waals surface area (Å²) in [6.07, 6.45) is 1.48. The molecule has 1 fully saturated rings. The Morgan fingerprint density at radius 2 is 1.78 bits per heavy atom. The van der Waals surface area contributed by atoms with Gasteiger partial charge in [-0.3, -0.25) is 0 Å². The summed E-state index contributed by atoms with van der Waals surface area (Å²) in [6.45, 7) is 7.48. The highest BCUT2D eigenvalue weighted by Gasteiger charge is 2.37.